The average molecular weight is 282 g/mol. The summed E-state index contributed by atoms with van der Waals surface area (Å²) in [5.74, 6) is 5.87. The Kier molecular flexibility index (Phi) is 3.83. The Balaban J connectivity index is 2.17. The zero-order valence-electron chi connectivity index (χ0n) is 11.5. The standard InChI is InChI=1S/C17H18N2S/c1-2-12-10-11-20-17(12)16(19-18)15-9-5-7-13-6-3-4-8-14(13)15/h3-11,16,19H,2,18H2,1H3. The first-order valence-corrected chi connectivity index (χ1v) is 7.73. The lowest BCUT2D eigenvalue weighted by molar-refractivity contribution is 0.646. The predicted molar refractivity (Wildman–Crippen MR) is 86.8 cm³/mol. The van der Waals surface area contributed by atoms with Crippen molar-refractivity contribution in [1.82, 2.24) is 5.43 Å². The van der Waals surface area contributed by atoms with Crippen molar-refractivity contribution in [2.24, 2.45) is 5.84 Å². The number of rotatable bonds is 4. The van der Waals surface area contributed by atoms with Crippen molar-refractivity contribution in [3.05, 3.63) is 69.9 Å². The molecule has 3 rings (SSSR count). The minimum atomic E-state index is 0.0519. The minimum Gasteiger partial charge on any atom is -0.271 e. The molecule has 0 bridgehead atoms. The highest BCUT2D eigenvalue weighted by molar-refractivity contribution is 7.10. The van der Waals surface area contributed by atoms with Gasteiger partial charge in [-0.3, -0.25) is 5.84 Å². The van der Waals surface area contributed by atoms with Crippen molar-refractivity contribution in [2.45, 2.75) is 19.4 Å². The van der Waals surface area contributed by atoms with Gasteiger partial charge < -0.3 is 0 Å². The molecular weight excluding hydrogens is 264 g/mol. The minimum absolute atomic E-state index is 0.0519. The smallest absolute Gasteiger partial charge is 0.0811 e. The molecule has 3 heteroatoms. The first kappa shape index (κ1) is 13.3. The summed E-state index contributed by atoms with van der Waals surface area (Å²) in [6, 6.07) is 17.1. The summed E-state index contributed by atoms with van der Waals surface area (Å²) in [5, 5.41) is 4.65. The maximum absolute atomic E-state index is 5.87. The van der Waals surface area contributed by atoms with E-state index < -0.39 is 0 Å². The zero-order valence-corrected chi connectivity index (χ0v) is 12.3. The van der Waals surface area contributed by atoms with Crippen molar-refractivity contribution < 1.29 is 0 Å². The molecule has 1 unspecified atom stereocenters. The molecule has 3 N–H and O–H groups in total. The van der Waals surface area contributed by atoms with Crippen LogP contribution in [0.25, 0.3) is 10.8 Å². The first-order chi connectivity index (χ1) is 9.85. The Hall–Kier alpha value is -1.68. The molecule has 0 saturated carbocycles. The van der Waals surface area contributed by atoms with E-state index in [1.165, 1.54) is 26.8 Å². The molecule has 0 aliphatic heterocycles. The number of hydrogen-bond donors (Lipinski definition) is 2. The number of hydrogen-bond acceptors (Lipinski definition) is 3. The van der Waals surface area contributed by atoms with Crippen LogP contribution in [0.4, 0.5) is 0 Å². The largest absolute Gasteiger partial charge is 0.271 e. The fourth-order valence-electron chi connectivity index (χ4n) is 2.70. The van der Waals surface area contributed by atoms with Gasteiger partial charge in [0.15, 0.2) is 0 Å². The summed E-state index contributed by atoms with van der Waals surface area (Å²) >= 11 is 1.77. The maximum Gasteiger partial charge on any atom is 0.0811 e. The van der Waals surface area contributed by atoms with Gasteiger partial charge in [-0.25, -0.2) is 5.43 Å². The number of aryl methyl sites for hydroxylation is 1. The van der Waals surface area contributed by atoms with Gasteiger partial charge in [-0.15, -0.1) is 11.3 Å². The third-order valence-corrected chi connectivity index (χ3v) is 4.75. The second-order valence-electron chi connectivity index (χ2n) is 4.83. The SMILES string of the molecule is CCc1ccsc1C(NN)c1cccc2ccccc12. The fraction of sp³-hybridized carbons (Fsp3) is 0.176. The molecule has 0 amide bonds. The Morgan fingerprint density at radius 1 is 1.10 bits per heavy atom. The summed E-state index contributed by atoms with van der Waals surface area (Å²) in [4.78, 5) is 1.31. The van der Waals surface area contributed by atoms with Crippen LogP contribution in [0.3, 0.4) is 0 Å². The molecule has 102 valence electrons. The molecule has 0 radical (unpaired) electrons. The number of hydrazine groups is 1. The summed E-state index contributed by atoms with van der Waals surface area (Å²) in [6.45, 7) is 2.18. The van der Waals surface area contributed by atoms with E-state index in [2.05, 4.69) is 66.3 Å². The molecule has 0 aliphatic carbocycles. The summed E-state index contributed by atoms with van der Waals surface area (Å²) in [5.41, 5.74) is 5.60. The van der Waals surface area contributed by atoms with Crippen molar-refractivity contribution in [3.8, 4) is 0 Å². The molecule has 20 heavy (non-hydrogen) atoms. The monoisotopic (exact) mass is 282 g/mol. The highest BCUT2D eigenvalue weighted by Gasteiger charge is 2.18. The van der Waals surface area contributed by atoms with E-state index in [9.17, 15) is 0 Å². The van der Waals surface area contributed by atoms with Gasteiger partial charge in [0.05, 0.1) is 6.04 Å². The third kappa shape index (κ3) is 2.24. The van der Waals surface area contributed by atoms with Gasteiger partial charge in [-0.1, -0.05) is 49.4 Å². The van der Waals surface area contributed by atoms with Crippen molar-refractivity contribution >= 4 is 22.1 Å². The Morgan fingerprint density at radius 3 is 2.70 bits per heavy atom. The lowest BCUT2D eigenvalue weighted by Crippen LogP contribution is -2.29. The van der Waals surface area contributed by atoms with Crippen LogP contribution < -0.4 is 11.3 Å². The molecule has 1 aromatic heterocycles. The van der Waals surface area contributed by atoms with Crippen LogP contribution in [0, 0.1) is 0 Å². The van der Waals surface area contributed by atoms with Crippen LogP contribution in [-0.2, 0) is 6.42 Å². The highest BCUT2D eigenvalue weighted by atomic mass is 32.1. The van der Waals surface area contributed by atoms with Crippen LogP contribution in [0.15, 0.2) is 53.9 Å². The van der Waals surface area contributed by atoms with Crippen LogP contribution in [0.1, 0.15) is 29.0 Å². The normalized spacial score (nSPS) is 12.7. The molecule has 1 heterocycles. The third-order valence-electron chi connectivity index (χ3n) is 3.72. The van der Waals surface area contributed by atoms with E-state index in [0.29, 0.717) is 0 Å². The van der Waals surface area contributed by atoms with Gasteiger partial charge in [-0.05, 0) is 39.8 Å². The van der Waals surface area contributed by atoms with Crippen molar-refractivity contribution in [3.63, 3.8) is 0 Å². The topological polar surface area (TPSA) is 38.0 Å². The highest BCUT2D eigenvalue weighted by Crippen LogP contribution is 2.33. The fourth-order valence-corrected chi connectivity index (χ4v) is 3.78. The van der Waals surface area contributed by atoms with E-state index in [1.807, 2.05) is 0 Å². The molecule has 0 aliphatic rings. The lowest BCUT2D eigenvalue weighted by Gasteiger charge is -2.19. The van der Waals surface area contributed by atoms with E-state index >= 15 is 0 Å². The number of nitrogens with one attached hydrogen (secondary N) is 1. The molecule has 3 aromatic rings. The average Bonchev–Trinajstić information content (AvgIpc) is 2.97. The van der Waals surface area contributed by atoms with Crippen LogP contribution in [0.5, 0.6) is 0 Å². The number of fused-ring (bicyclic) bond motifs is 1. The lowest BCUT2D eigenvalue weighted by atomic mass is 9.96. The van der Waals surface area contributed by atoms with E-state index in [-0.39, 0.29) is 6.04 Å². The van der Waals surface area contributed by atoms with Crippen LogP contribution in [0.2, 0.25) is 0 Å². The summed E-state index contributed by atoms with van der Waals surface area (Å²) in [7, 11) is 0. The van der Waals surface area contributed by atoms with Gasteiger partial charge in [-0.2, -0.15) is 0 Å². The van der Waals surface area contributed by atoms with Gasteiger partial charge in [0.1, 0.15) is 0 Å². The molecule has 2 aromatic carbocycles. The van der Waals surface area contributed by atoms with E-state index in [4.69, 9.17) is 5.84 Å². The molecular formula is C17H18N2S. The molecule has 0 saturated heterocycles. The molecule has 1 atom stereocenters. The summed E-state index contributed by atoms with van der Waals surface area (Å²) < 4.78 is 0. The quantitative estimate of drug-likeness (QED) is 0.560. The zero-order chi connectivity index (χ0) is 13.9. The molecule has 2 nitrogen and oxygen atoms in total. The van der Waals surface area contributed by atoms with Gasteiger partial charge in [0, 0.05) is 4.88 Å². The van der Waals surface area contributed by atoms with E-state index in [1.54, 1.807) is 11.3 Å². The molecule has 0 spiro atoms. The predicted octanol–water partition coefficient (Wildman–Crippen LogP) is 4.02. The maximum atomic E-state index is 5.87. The number of thiophene rings is 1. The van der Waals surface area contributed by atoms with Crippen molar-refractivity contribution in [2.75, 3.05) is 0 Å². The van der Waals surface area contributed by atoms with Gasteiger partial charge in [0.2, 0.25) is 0 Å². The van der Waals surface area contributed by atoms with Gasteiger partial charge in [0.25, 0.3) is 0 Å². The Labute approximate surface area is 123 Å². The van der Waals surface area contributed by atoms with E-state index in [0.717, 1.165) is 6.42 Å². The number of nitrogens with two attached hydrogens (primary N) is 1. The number of benzene rings is 2. The van der Waals surface area contributed by atoms with Crippen molar-refractivity contribution in [1.29, 1.82) is 0 Å². The Morgan fingerprint density at radius 2 is 1.90 bits per heavy atom. The second kappa shape index (κ2) is 5.75. The Bertz CT molecular complexity index is 712. The first-order valence-electron chi connectivity index (χ1n) is 6.85. The van der Waals surface area contributed by atoms with Gasteiger partial charge >= 0.3 is 0 Å². The second-order valence-corrected chi connectivity index (χ2v) is 5.78. The molecule has 0 fully saturated rings. The summed E-state index contributed by atoms with van der Waals surface area (Å²) in [6.07, 6.45) is 1.03. The van der Waals surface area contributed by atoms with Crippen LogP contribution in [-0.4, -0.2) is 0 Å². The van der Waals surface area contributed by atoms with Crippen LogP contribution >= 0.6 is 11.3 Å².